The van der Waals surface area contributed by atoms with E-state index in [2.05, 4.69) is 5.32 Å². The van der Waals surface area contributed by atoms with E-state index in [9.17, 15) is 19.7 Å². The standard InChI is InChI=1S/C16H13Cl2N3O5/c1-26-14-9(3-2-4-10(14)15(19)22)13(18)16(23)20-12-6-5-8(21(24)25)7-11(12)17/h2-7,13H,1H3,(H2,19,22)(H,20,23). The predicted octanol–water partition coefficient (Wildman–Crippen LogP) is 3.27. The van der Waals surface area contributed by atoms with Crippen LogP contribution in [-0.2, 0) is 4.79 Å². The highest BCUT2D eigenvalue weighted by Crippen LogP contribution is 2.34. The largest absolute Gasteiger partial charge is 0.496 e. The van der Waals surface area contributed by atoms with Crippen molar-refractivity contribution in [3.8, 4) is 5.75 Å². The highest BCUT2D eigenvalue weighted by molar-refractivity contribution is 6.36. The van der Waals surface area contributed by atoms with E-state index in [0.29, 0.717) is 0 Å². The molecule has 2 amide bonds. The first-order valence-corrected chi connectivity index (χ1v) is 7.93. The van der Waals surface area contributed by atoms with Crippen LogP contribution in [0.2, 0.25) is 5.02 Å². The number of non-ortho nitro benzene ring substituents is 1. The zero-order chi connectivity index (χ0) is 19.4. The Morgan fingerprint density at radius 3 is 2.54 bits per heavy atom. The molecule has 2 aromatic rings. The van der Waals surface area contributed by atoms with Crippen LogP contribution in [0.15, 0.2) is 36.4 Å². The SMILES string of the molecule is COc1c(C(N)=O)cccc1C(Cl)C(=O)Nc1ccc([N+](=O)[O-])cc1Cl. The van der Waals surface area contributed by atoms with Gasteiger partial charge in [-0.1, -0.05) is 23.7 Å². The fourth-order valence-corrected chi connectivity index (χ4v) is 2.68. The van der Waals surface area contributed by atoms with Crippen LogP contribution in [0.3, 0.4) is 0 Å². The second kappa shape index (κ2) is 8.03. The monoisotopic (exact) mass is 397 g/mol. The Labute approximate surface area is 158 Å². The third-order valence-corrected chi connectivity index (χ3v) is 4.19. The van der Waals surface area contributed by atoms with Crippen molar-refractivity contribution in [1.29, 1.82) is 0 Å². The molecule has 2 rings (SSSR count). The summed E-state index contributed by atoms with van der Waals surface area (Å²) >= 11 is 12.2. The van der Waals surface area contributed by atoms with Crippen LogP contribution in [-0.4, -0.2) is 23.8 Å². The number of primary amides is 1. The maximum Gasteiger partial charge on any atom is 0.271 e. The lowest BCUT2D eigenvalue weighted by Crippen LogP contribution is -2.20. The number of benzene rings is 2. The van der Waals surface area contributed by atoms with Crippen molar-refractivity contribution in [2.75, 3.05) is 12.4 Å². The Morgan fingerprint density at radius 1 is 1.31 bits per heavy atom. The van der Waals surface area contributed by atoms with Crippen LogP contribution in [0.5, 0.6) is 5.75 Å². The van der Waals surface area contributed by atoms with Gasteiger partial charge in [0, 0.05) is 17.7 Å². The van der Waals surface area contributed by atoms with Gasteiger partial charge in [0.15, 0.2) is 0 Å². The molecule has 0 saturated carbocycles. The summed E-state index contributed by atoms with van der Waals surface area (Å²) in [6, 6.07) is 8.06. The van der Waals surface area contributed by atoms with Gasteiger partial charge in [-0.2, -0.15) is 0 Å². The lowest BCUT2D eigenvalue weighted by Gasteiger charge is -2.16. The molecule has 1 unspecified atom stereocenters. The average molecular weight is 398 g/mol. The molecule has 0 heterocycles. The molecule has 0 fully saturated rings. The number of carbonyl (C=O) groups is 2. The minimum atomic E-state index is -1.23. The molecule has 8 nitrogen and oxygen atoms in total. The molecule has 3 N–H and O–H groups in total. The highest BCUT2D eigenvalue weighted by atomic mass is 35.5. The van der Waals surface area contributed by atoms with E-state index in [1.165, 1.54) is 37.4 Å². The molecule has 2 aromatic carbocycles. The van der Waals surface area contributed by atoms with Crippen LogP contribution >= 0.6 is 23.2 Å². The minimum Gasteiger partial charge on any atom is -0.496 e. The Bertz CT molecular complexity index is 888. The van der Waals surface area contributed by atoms with Gasteiger partial charge in [-0.15, -0.1) is 11.6 Å². The quantitative estimate of drug-likeness (QED) is 0.439. The lowest BCUT2D eigenvalue weighted by molar-refractivity contribution is -0.384. The number of para-hydroxylation sites is 1. The van der Waals surface area contributed by atoms with Gasteiger partial charge in [-0.3, -0.25) is 19.7 Å². The number of nitro groups is 1. The van der Waals surface area contributed by atoms with Crippen molar-refractivity contribution in [2.45, 2.75) is 5.38 Å². The second-order valence-electron chi connectivity index (χ2n) is 5.07. The zero-order valence-electron chi connectivity index (χ0n) is 13.4. The van der Waals surface area contributed by atoms with Gasteiger partial charge in [-0.25, -0.2) is 0 Å². The van der Waals surface area contributed by atoms with Crippen molar-refractivity contribution in [2.24, 2.45) is 5.73 Å². The number of halogens is 2. The molecule has 10 heteroatoms. The first-order chi connectivity index (χ1) is 12.3. The summed E-state index contributed by atoms with van der Waals surface area (Å²) < 4.78 is 5.16. The van der Waals surface area contributed by atoms with Gasteiger partial charge < -0.3 is 15.8 Å². The Morgan fingerprint density at radius 2 is 2.00 bits per heavy atom. The van der Waals surface area contributed by atoms with E-state index in [0.717, 1.165) is 6.07 Å². The van der Waals surface area contributed by atoms with Crippen molar-refractivity contribution in [3.63, 3.8) is 0 Å². The third kappa shape index (κ3) is 4.04. The molecule has 0 aliphatic carbocycles. The third-order valence-electron chi connectivity index (χ3n) is 3.44. The summed E-state index contributed by atoms with van der Waals surface area (Å²) in [6.07, 6.45) is 0. The topological polar surface area (TPSA) is 125 Å². The predicted molar refractivity (Wildman–Crippen MR) is 96.8 cm³/mol. The number of alkyl halides is 1. The molecule has 0 spiro atoms. The summed E-state index contributed by atoms with van der Waals surface area (Å²) in [5, 5.41) is 12.0. The van der Waals surface area contributed by atoms with Crippen LogP contribution in [0.4, 0.5) is 11.4 Å². The van der Waals surface area contributed by atoms with Gasteiger partial charge >= 0.3 is 0 Å². The van der Waals surface area contributed by atoms with Crippen molar-refractivity contribution in [3.05, 3.63) is 62.7 Å². The number of ether oxygens (including phenoxy) is 1. The molecule has 0 aromatic heterocycles. The van der Waals surface area contributed by atoms with Crippen LogP contribution in [0.25, 0.3) is 0 Å². The van der Waals surface area contributed by atoms with E-state index in [1.807, 2.05) is 0 Å². The van der Waals surface area contributed by atoms with Gasteiger partial charge in [-0.05, 0) is 12.1 Å². The maximum absolute atomic E-state index is 12.4. The van der Waals surface area contributed by atoms with Crippen molar-refractivity contribution >= 4 is 46.4 Å². The van der Waals surface area contributed by atoms with E-state index in [1.54, 1.807) is 0 Å². The summed E-state index contributed by atoms with van der Waals surface area (Å²) in [6.45, 7) is 0. The van der Waals surface area contributed by atoms with Gasteiger partial charge in [0.25, 0.3) is 11.6 Å². The van der Waals surface area contributed by atoms with E-state index in [-0.39, 0.29) is 33.3 Å². The zero-order valence-corrected chi connectivity index (χ0v) is 14.9. The fraction of sp³-hybridized carbons (Fsp3) is 0.125. The Balaban J connectivity index is 2.30. The Kier molecular flexibility index (Phi) is 6.01. The number of rotatable bonds is 6. The molecule has 0 saturated heterocycles. The fourth-order valence-electron chi connectivity index (χ4n) is 2.23. The lowest BCUT2D eigenvalue weighted by atomic mass is 10.0. The molecule has 136 valence electrons. The number of nitrogens with one attached hydrogen (secondary N) is 1. The molecular formula is C16H13Cl2N3O5. The summed E-state index contributed by atoms with van der Waals surface area (Å²) in [5.74, 6) is -1.31. The first-order valence-electron chi connectivity index (χ1n) is 7.11. The number of anilines is 1. The van der Waals surface area contributed by atoms with E-state index >= 15 is 0 Å². The molecular weight excluding hydrogens is 385 g/mol. The molecule has 0 radical (unpaired) electrons. The number of methoxy groups -OCH3 is 1. The highest BCUT2D eigenvalue weighted by Gasteiger charge is 2.25. The number of amides is 2. The normalized spacial score (nSPS) is 11.5. The molecule has 0 aliphatic rings. The number of hydrogen-bond acceptors (Lipinski definition) is 5. The van der Waals surface area contributed by atoms with Gasteiger partial charge in [0.1, 0.15) is 11.1 Å². The number of nitrogens with two attached hydrogens (primary N) is 1. The van der Waals surface area contributed by atoms with Crippen molar-refractivity contribution in [1.82, 2.24) is 0 Å². The van der Waals surface area contributed by atoms with Crippen LogP contribution in [0.1, 0.15) is 21.3 Å². The molecule has 0 aliphatic heterocycles. The number of carbonyl (C=O) groups excluding carboxylic acids is 2. The maximum atomic E-state index is 12.4. The minimum absolute atomic E-state index is 0.0192. The number of nitrogens with zero attached hydrogens (tertiary/aromatic N) is 1. The molecule has 26 heavy (non-hydrogen) atoms. The smallest absolute Gasteiger partial charge is 0.271 e. The first kappa shape index (κ1) is 19.5. The van der Waals surface area contributed by atoms with Crippen molar-refractivity contribution < 1.29 is 19.2 Å². The summed E-state index contributed by atoms with van der Waals surface area (Å²) in [5.41, 5.74) is 5.53. The molecule has 0 bridgehead atoms. The summed E-state index contributed by atoms with van der Waals surface area (Å²) in [4.78, 5) is 34.0. The van der Waals surface area contributed by atoms with Gasteiger partial charge in [0.2, 0.25) is 5.91 Å². The van der Waals surface area contributed by atoms with E-state index < -0.39 is 22.1 Å². The number of hydrogen-bond donors (Lipinski definition) is 2. The van der Waals surface area contributed by atoms with Gasteiger partial charge in [0.05, 0.1) is 28.3 Å². The second-order valence-corrected chi connectivity index (χ2v) is 5.91. The van der Waals surface area contributed by atoms with Crippen LogP contribution in [0, 0.1) is 10.1 Å². The van der Waals surface area contributed by atoms with E-state index in [4.69, 9.17) is 33.7 Å². The summed E-state index contributed by atoms with van der Waals surface area (Å²) in [7, 11) is 1.32. The Hall–Kier alpha value is -2.84. The number of nitro benzene ring substituents is 1. The average Bonchev–Trinajstić information content (AvgIpc) is 2.61. The molecule has 1 atom stereocenters. The van der Waals surface area contributed by atoms with Crippen LogP contribution < -0.4 is 15.8 Å².